The van der Waals surface area contributed by atoms with E-state index >= 15 is 0 Å². The maximum Gasteiger partial charge on any atom is 0.223 e. The molecular weight excluding hydrogens is 238 g/mol. The van der Waals surface area contributed by atoms with Gasteiger partial charge in [-0.05, 0) is 6.07 Å². The van der Waals surface area contributed by atoms with E-state index in [4.69, 9.17) is 18.0 Å². The van der Waals surface area contributed by atoms with Crippen molar-refractivity contribution in [2.45, 2.75) is 6.54 Å². The zero-order valence-electron chi connectivity index (χ0n) is 8.95. The number of hydrogen-bond acceptors (Lipinski definition) is 6. The third-order valence-electron chi connectivity index (χ3n) is 2.00. The Bertz CT molecular complexity index is 496. The smallest absolute Gasteiger partial charge is 0.223 e. The van der Waals surface area contributed by atoms with Gasteiger partial charge in [-0.25, -0.2) is 9.97 Å². The van der Waals surface area contributed by atoms with Gasteiger partial charge in [0.05, 0.1) is 12.7 Å². The van der Waals surface area contributed by atoms with Crippen LogP contribution in [-0.4, -0.2) is 36.5 Å². The molecule has 88 valence electrons. The molecule has 0 aliphatic rings. The fraction of sp³-hybridized carbons (Fsp3) is 0.222. The molecule has 0 atom stereocenters. The minimum absolute atomic E-state index is 0.256. The van der Waals surface area contributed by atoms with Crippen molar-refractivity contribution in [1.29, 1.82) is 0 Å². The lowest BCUT2D eigenvalue weighted by Gasteiger charge is -2.05. The van der Waals surface area contributed by atoms with Gasteiger partial charge in [0.2, 0.25) is 5.95 Å². The first-order valence-electron chi connectivity index (χ1n) is 4.96. The minimum atomic E-state index is 0.256. The van der Waals surface area contributed by atoms with Crippen LogP contribution in [0.4, 0.5) is 5.95 Å². The molecule has 7 nitrogen and oxygen atoms in total. The lowest BCUT2D eigenvalue weighted by molar-refractivity contribution is 0.607. The van der Waals surface area contributed by atoms with Crippen LogP contribution < -0.4 is 11.1 Å². The Hall–Kier alpha value is -2.09. The number of rotatable bonds is 5. The summed E-state index contributed by atoms with van der Waals surface area (Å²) in [5.74, 6) is 0.496. The predicted molar refractivity (Wildman–Crippen MR) is 66.4 cm³/mol. The highest BCUT2D eigenvalue weighted by molar-refractivity contribution is 7.80. The first kappa shape index (κ1) is 11.4. The molecule has 0 fully saturated rings. The number of hydrogen-bond donors (Lipinski definition) is 2. The van der Waals surface area contributed by atoms with Crippen molar-refractivity contribution in [3.05, 3.63) is 30.4 Å². The number of nitrogens with two attached hydrogens (primary N) is 1. The molecule has 0 amide bonds. The van der Waals surface area contributed by atoms with E-state index in [1.54, 1.807) is 29.3 Å². The van der Waals surface area contributed by atoms with Crippen LogP contribution in [0.5, 0.6) is 0 Å². The molecule has 2 rings (SSSR count). The summed E-state index contributed by atoms with van der Waals surface area (Å²) in [5.41, 5.74) is 6.03. The number of nitrogens with zero attached hydrogens (tertiary/aromatic N) is 5. The highest BCUT2D eigenvalue weighted by Crippen LogP contribution is 2.00. The maximum atomic E-state index is 5.48. The van der Waals surface area contributed by atoms with Crippen molar-refractivity contribution >= 4 is 23.2 Å². The molecule has 8 heteroatoms. The summed E-state index contributed by atoms with van der Waals surface area (Å²) in [6.07, 6.45) is 5.03. The van der Waals surface area contributed by atoms with Gasteiger partial charge in [0.15, 0.2) is 0 Å². The Balaban J connectivity index is 1.90. The molecule has 2 aromatic heterocycles. The fourth-order valence-corrected chi connectivity index (χ4v) is 1.33. The third kappa shape index (κ3) is 3.18. The average molecular weight is 249 g/mol. The average Bonchev–Trinajstić information content (AvgIpc) is 2.82. The largest absolute Gasteiger partial charge is 0.388 e. The minimum Gasteiger partial charge on any atom is -0.388 e. The molecule has 0 saturated heterocycles. The van der Waals surface area contributed by atoms with Crippen molar-refractivity contribution in [3.63, 3.8) is 0 Å². The number of aromatic nitrogens is 5. The van der Waals surface area contributed by atoms with Gasteiger partial charge in [-0.3, -0.25) is 4.68 Å². The predicted octanol–water partition coefficient (Wildman–Crippen LogP) is -0.186. The van der Waals surface area contributed by atoms with Crippen LogP contribution in [0.25, 0.3) is 0 Å². The van der Waals surface area contributed by atoms with Crippen LogP contribution >= 0.6 is 12.2 Å². The Kier molecular flexibility index (Phi) is 3.55. The van der Waals surface area contributed by atoms with Crippen LogP contribution in [0.2, 0.25) is 0 Å². The van der Waals surface area contributed by atoms with Crippen molar-refractivity contribution < 1.29 is 0 Å². The van der Waals surface area contributed by atoms with E-state index in [2.05, 4.69) is 25.6 Å². The summed E-state index contributed by atoms with van der Waals surface area (Å²) in [7, 11) is 0. The van der Waals surface area contributed by atoms with E-state index in [1.807, 2.05) is 0 Å². The molecule has 0 radical (unpaired) electrons. The van der Waals surface area contributed by atoms with Gasteiger partial charge in [0.25, 0.3) is 0 Å². The molecule has 2 heterocycles. The highest BCUT2D eigenvalue weighted by Gasteiger charge is 2.00. The van der Waals surface area contributed by atoms with Gasteiger partial charge in [-0.2, -0.15) is 0 Å². The zero-order valence-corrected chi connectivity index (χ0v) is 9.76. The summed E-state index contributed by atoms with van der Waals surface area (Å²) in [6, 6.07) is 1.67. The topological polar surface area (TPSA) is 94.5 Å². The molecule has 0 unspecified atom stereocenters. The van der Waals surface area contributed by atoms with Gasteiger partial charge >= 0.3 is 0 Å². The lowest BCUT2D eigenvalue weighted by atomic mass is 10.4. The lowest BCUT2D eigenvalue weighted by Crippen LogP contribution is -2.16. The summed E-state index contributed by atoms with van der Waals surface area (Å²) >= 11 is 4.84. The molecule has 2 aromatic rings. The van der Waals surface area contributed by atoms with Crippen molar-refractivity contribution in [2.24, 2.45) is 5.73 Å². The first-order valence-corrected chi connectivity index (χ1v) is 5.37. The molecule has 3 N–H and O–H groups in total. The van der Waals surface area contributed by atoms with Crippen LogP contribution in [0.3, 0.4) is 0 Å². The van der Waals surface area contributed by atoms with Gasteiger partial charge in [-0.15, -0.1) is 5.10 Å². The second kappa shape index (κ2) is 5.30. The van der Waals surface area contributed by atoms with Crippen molar-refractivity contribution in [1.82, 2.24) is 25.0 Å². The third-order valence-corrected chi connectivity index (χ3v) is 2.21. The molecule has 0 bridgehead atoms. The Morgan fingerprint density at radius 1 is 1.47 bits per heavy atom. The number of anilines is 1. The van der Waals surface area contributed by atoms with Gasteiger partial charge in [0.1, 0.15) is 10.7 Å². The SMILES string of the molecule is NC(=S)c1ccnc(NCCn2ccnn2)n1. The molecule has 0 aliphatic heterocycles. The summed E-state index contributed by atoms with van der Waals surface area (Å²) in [5, 5.41) is 10.6. The van der Waals surface area contributed by atoms with Gasteiger partial charge in [-0.1, -0.05) is 17.4 Å². The van der Waals surface area contributed by atoms with E-state index < -0.39 is 0 Å². The second-order valence-corrected chi connectivity index (χ2v) is 3.66. The van der Waals surface area contributed by atoms with E-state index in [1.165, 1.54) is 0 Å². The first-order chi connectivity index (χ1) is 8.25. The quantitative estimate of drug-likeness (QED) is 0.709. The number of thiocarbonyl (C=S) groups is 1. The summed E-state index contributed by atoms with van der Waals surface area (Å²) in [6.45, 7) is 1.32. The normalized spacial score (nSPS) is 10.1. The van der Waals surface area contributed by atoms with Crippen molar-refractivity contribution in [3.8, 4) is 0 Å². The Morgan fingerprint density at radius 2 is 2.35 bits per heavy atom. The molecule has 0 aliphatic carbocycles. The van der Waals surface area contributed by atoms with Gasteiger partial charge in [0, 0.05) is 18.9 Å². The van der Waals surface area contributed by atoms with Crippen LogP contribution in [0.15, 0.2) is 24.7 Å². The van der Waals surface area contributed by atoms with Crippen LogP contribution in [-0.2, 0) is 6.54 Å². The fourth-order valence-electron chi connectivity index (χ4n) is 1.22. The van der Waals surface area contributed by atoms with E-state index in [0.717, 1.165) is 0 Å². The van der Waals surface area contributed by atoms with Crippen LogP contribution in [0.1, 0.15) is 5.69 Å². The van der Waals surface area contributed by atoms with E-state index in [9.17, 15) is 0 Å². The molecule has 0 spiro atoms. The van der Waals surface area contributed by atoms with Crippen molar-refractivity contribution in [2.75, 3.05) is 11.9 Å². The molecule has 0 saturated carbocycles. The highest BCUT2D eigenvalue weighted by atomic mass is 32.1. The Morgan fingerprint density at radius 3 is 3.06 bits per heavy atom. The molecular formula is C9H11N7S. The van der Waals surface area contributed by atoms with Gasteiger partial charge < -0.3 is 11.1 Å². The Labute approximate surface area is 103 Å². The second-order valence-electron chi connectivity index (χ2n) is 3.22. The van der Waals surface area contributed by atoms with Crippen LogP contribution in [0, 0.1) is 0 Å². The standard InChI is InChI=1S/C9H11N7S/c10-8(17)7-1-2-11-9(14-7)12-3-5-16-6-4-13-15-16/h1-2,4,6H,3,5H2,(H2,10,17)(H,11,12,14). The monoisotopic (exact) mass is 249 g/mol. The summed E-state index contributed by atoms with van der Waals surface area (Å²) in [4.78, 5) is 8.47. The zero-order chi connectivity index (χ0) is 12.1. The maximum absolute atomic E-state index is 5.48. The molecule has 0 aromatic carbocycles. The molecule has 17 heavy (non-hydrogen) atoms. The summed E-state index contributed by atoms with van der Waals surface area (Å²) < 4.78 is 1.71. The van der Waals surface area contributed by atoms with E-state index in [-0.39, 0.29) is 4.99 Å². The number of nitrogens with one attached hydrogen (secondary N) is 1. The van der Waals surface area contributed by atoms with E-state index in [0.29, 0.717) is 24.7 Å².